The lowest BCUT2D eigenvalue weighted by Gasteiger charge is -2.10. The third kappa shape index (κ3) is 3.38. The summed E-state index contributed by atoms with van der Waals surface area (Å²) in [5, 5.41) is 14.0. The molecule has 5 nitrogen and oxygen atoms in total. The van der Waals surface area contributed by atoms with Crippen LogP contribution in [0.1, 0.15) is 21.5 Å². The maximum atomic E-state index is 12.3. The SMILES string of the molecule is Cc1ccc(C)c(NC(=O)c2cc(Cl)ccc2[N+](=O)[O-])c1. The second-order valence-corrected chi connectivity index (χ2v) is 5.13. The number of rotatable bonds is 3. The lowest BCUT2D eigenvalue weighted by Crippen LogP contribution is -2.14. The number of nitrogens with zero attached hydrogens (tertiary/aromatic N) is 1. The predicted molar refractivity (Wildman–Crippen MR) is 82.0 cm³/mol. The van der Waals surface area contributed by atoms with Gasteiger partial charge >= 0.3 is 0 Å². The Morgan fingerprint density at radius 1 is 1.19 bits per heavy atom. The van der Waals surface area contributed by atoms with E-state index < -0.39 is 10.8 Å². The minimum Gasteiger partial charge on any atom is -0.322 e. The molecule has 0 aliphatic rings. The first-order valence-electron chi connectivity index (χ1n) is 6.21. The molecule has 0 fully saturated rings. The second-order valence-electron chi connectivity index (χ2n) is 4.69. The predicted octanol–water partition coefficient (Wildman–Crippen LogP) is 4.12. The van der Waals surface area contributed by atoms with Crippen molar-refractivity contribution in [1.82, 2.24) is 0 Å². The number of benzene rings is 2. The van der Waals surface area contributed by atoms with Crippen LogP contribution in [0.15, 0.2) is 36.4 Å². The Labute approximate surface area is 126 Å². The van der Waals surface area contributed by atoms with E-state index in [0.717, 1.165) is 11.1 Å². The normalized spacial score (nSPS) is 10.2. The van der Waals surface area contributed by atoms with Gasteiger partial charge in [0.25, 0.3) is 11.6 Å². The fraction of sp³-hybridized carbons (Fsp3) is 0.133. The molecule has 2 aromatic rings. The minimum absolute atomic E-state index is 0.0617. The molecule has 0 aliphatic carbocycles. The topological polar surface area (TPSA) is 72.2 Å². The molecule has 0 saturated heterocycles. The Balaban J connectivity index is 2.39. The van der Waals surface area contributed by atoms with Crippen molar-refractivity contribution < 1.29 is 9.72 Å². The largest absolute Gasteiger partial charge is 0.322 e. The van der Waals surface area contributed by atoms with Crippen molar-refractivity contribution in [3.63, 3.8) is 0 Å². The molecule has 0 heterocycles. The maximum absolute atomic E-state index is 12.3. The summed E-state index contributed by atoms with van der Waals surface area (Å²) in [5.41, 5.74) is 2.14. The lowest BCUT2D eigenvalue weighted by molar-refractivity contribution is -0.385. The molecule has 0 radical (unpaired) electrons. The van der Waals surface area contributed by atoms with E-state index in [1.54, 1.807) is 0 Å². The van der Waals surface area contributed by atoms with Gasteiger partial charge in [0.2, 0.25) is 0 Å². The van der Waals surface area contributed by atoms with Crippen molar-refractivity contribution in [3.05, 3.63) is 68.2 Å². The Bertz CT molecular complexity index is 729. The zero-order valence-corrected chi connectivity index (χ0v) is 12.3. The smallest absolute Gasteiger partial charge is 0.282 e. The Morgan fingerprint density at radius 3 is 2.57 bits per heavy atom. The van der Waals surface area contributed by atoms with Gasteiger partial charge in [-0.2, -0.15) is 0 Å². The molecule has 0 spiro atoms. The molecular formula is C15H13ClN2O3. The highest BCUT2D eigenvalue weighted by Crippen LogP contribution is 2.25. The lowest BCUT2D eigenvalue weighted by atomic mass is 10.1. The quantitative estimate of drug-likeness (QED) is 0.685. The molecule has 0 bridgehead atoms. The van der Waals surface area contributed by atoms with E-state index in [1.807, 2.05) is 32.0 Å². The van der Waals surface area contributed by atoms with Gasteiger partial charge < -0.3 is 5.32 Å². The van der Waals surface area contributed by atoms with Gasteiger partial charge in [-0.05, 0) is 43.2 Å². The van der Waals surface area contributed by atoms with Crippen LogP contribution in [0.4, 0.5) is 11.4 Å². The van der Waals surface area contributed by atoms with E-state index in [2.05, 4.69) is 5.32 Å². The van der Waals surface area contributed by atoms with E-state index in [1.165, 1.54) is 18.2 Å². The Hall–Kier alpha value is -2.40. The van der Waals surface area contributed by atoms with Gasteiger partial charge in [0, 0.05) is 16.8 Å². The van der Waals surface area contributed by atoms with Crippen molar-refractivity contribution in [3.8, 4) is 0 Å². The van der Waals surface area contributed by atoms with Gasteiger partial charge in [0.15, 0.2) is 0 Å². The number of carbonyl (C=O) groups is 1. The number of nitrogens with one attached hydrogen (secondary N) is 1. The average Bonchev–Trinajstić information content (AvgIpc) is 2.42. The number of hydrogen-bond donors (Lipinski definition) is 1. The number of nitro groups is 1. The number of halogens is 1. The van der Waals surface area contributed by atoms with Crippen LogP contribution in [0.25, 0.3) is 0 Å². The number of nitro benzene ring substituents is 1. The molecule has 0 atom stereocenters. The number of anilines is 1. The molecular weight excluding hydrogens is 292 g/mol. The highest BCUT2D eigenvalue weighted by molar-refractivity contribution is 6.31. The van der Waals surface area contributed by atoms with Crippen molar-refractivity contribution in [2.24, 2.45) is 0 Å². The van der Waals surface area contributed by atoms with Gasteiger partial charge in [-0.15, -0.1) is 0 Å². The molecule has 2 rings (SSSR count). The monoisotopic (exact) mass is 304 g/mol. The third-order valence-electron chi connectivity index (χ3n) is 3.04. The number of aryl methyl sites for hydroxylation is 2. The van der Waals surface area contributed by atoms with Crippen molar-refractivity contribution in [1.29, 1.82) is 0 Å². The molecule has 0 aliphatic heterocycles. The zero-order valence-electron chi connectivity index (χ0n) is 11.5. The molecule has 1 N–H and O–H groups in total. The van der Waals surface area contributed by atoms with E-state index in [4.69, 9.17) is 11.6 Å². The third-order valence-corrected chi connectivity index (χ3v) is 3.28. The highest BCUT2D eigenvalue weighted by atomic mass is 35.5. The van der Waals surface area contributed by atoms with Crippen LogP contribution in [0.2, 0.25) is 5.02 Å². The first-order chi connectivity index (χ1) is 9.88. The Morgan fingerprint density at radius 2 is 1.90 bits per heavy atom. The minimum atomic E-state index is -0.603. The number of hydrogen-bond acceptors (Lipinski definition) is 3. The van der Waals surface area contributed by atoms with E-state index in [9.17, 15) is 14.9 Å². The van der Waals surface area contributed by atoms with Crippen LogP contribution in [-0.4, -0.2) is 10.8 Å². The summed E-state index contributed by atoms with van der Waals surface area (Å²) < 4.78 is 0. The molecule has 0 aromatic heterocycles. The molecule has 2 aromatic carbocycles. The number of carbonyl (C=O) groups excluding carboxylic acids is 1. The van der Waals surface area contributed by atoms with Gasteiger partial charge in [-0.1, -0.05) is 23.7 Å². The standard InChI is InChI=1S/C15H13ClN2O3/c1-9-3-4-10(2)13(7-9)17-15(19)12-8-11(16)5-6-14(12)18(20)21/h3-8H,1-2H3,(H,17,19). The van der Waals surface area contributed by atoms with Crippen LogP contribution in [-0.2, 0) is 0 Å². The zero-order chi connectivity index (χ0) is 15.6. The van der Waals surface area contributed by atoms with E-state index >= 15 is 0 Å². The van der Waals surface area contributed by atoms with Gasteiger partial charge in [-0.3, -0.25) is 14.9 Å². The van der Waals surface area contributed by atoms with Crippen LogP contribution in [0.5, 0.6) is 0 Å². The fourth-order valence-electron chi connectivity index (χ4n) is 1.91. The summed E-state index contributed by atoms with van der Waals surface area (Å²) in [5.74, 6) is -0.557. The Kier molecular flexibility index (Phi) is 4.23. The van der Waals surface area contributed by atoms with Crippen molar-refractivity contribution in [2.75, 3.05) is 5.32 Å². The summed E-state index contributed by atoms with van der Waals surface area (Å²) in [4.78, 5) is 22.7. The molecule has 1 amide bonds. The van der Waals surface area contributed by atoms with Crippen LogP contribution < -0.4 is 5.32 Å². The van der Waals surface area contributed by atoms with Crippen LogP contribution in [0.3, 0.4) is 0 Å². The number of amides is 1. The highest BCUT2D eigenvalue weighted by Gasteiger charge is 2.21. The summed E-state index contributed by atoms with van der Waals surface area (Å²) in [6.07, 6.45) is 0. The van der Waals surface area contributed by atoms with Crippen molar-refractivity contribution in [2.45, 2.75) is 13.8 Å². The second kappa shape index (κ2) is 5.93. The first-order valence-corrected chi connectivity index (χ1v) is 6.59. The molecule has 6 heteroatoms. The average molecular weight is 305 g/mol. The maximum Gasteiger partial charge on any atom is 0.282 e. The van der Waals surface area contributed by atoms with Crippen molar-refractivity contribution >= 4 is 28.9 Å². The molecule has 21 heavy (non-hydrogen) atoms. The summed E-state index contributed by atoms with van der Waals surface area (Å²) >= 11 is 5.82. The molecule has 0 saturated carbocycles. The first kappa shape index (κ1) is 15.0. The summed E-state index contributed by atoms with van der Waals surface area (Å²) in [7, 11) is 0. The van der Waals surface area contributed by atoms with Gasteiger partial charge in [0.1, 0.15) is 5.56 Å². The van der Waals surface area contributed by atoms with Crippen LogP contribution in [0, 0.1) is 24.0 Å². The van der Waals surface area contributed by atoms with Gasteiger partial charge in [0.05, 0.1) is 4.92 Å². The molecule has 108 valence electrons. The van der Waals surface area contributed by atoms with E-state index in [-0.39, 0.29) is 16.3 Å². The van der Waals surface area contributed by atoms with Gasteiger partial charge in [-0.25, -0.2) is 0 Å². The summed E-state index contributed by atoms with van der Waals surface area (Å²) in [6, 6.07) is 9.50. The molecule has 0 unspecified atom stereocenters. The van der Waals surface area contributed by atoms with Crippen LogP contribution >= 0.6 is 11.6 Å². The van der Waals surface area contributed by atoms with E-state index in [0.29, 0.717) is 5.69 Å². The summed E-state index contributed by atoms with van der Waals surface area (Å²) in [6.45, 7) is 3.75. The fourth-order valence-corrected chi connectivity index (χ4v) is 2.08.